The Hall–Kier alpha value is -1.35. The highest BCUT2D eigenvalue weighted by Crippen LogP contribution is 2.38. The molecule has 0 bridgehead atoms. The van der Waals surface area contributed by atoms with Gasteiger partial charge in [-0.1, -0.05) is 30.3 Å². The van der Waals surface area contributed by atoms with Gasteiger partial charge in [0.2, 0.25) is 0 Å². The molecule has 2 fully saturated rings. The fraction of sp³-hybridized carbons (Fsp3) is 0.611. The number of hydrogen-bond acceptors (Lipinski definition) is 2. The molecule has 1 atom stereocenters. The van der Waals surface area contributed by atoms with Crippen molar-refractivity contribution >= 4 is 5.97 Å². The van der Waals surface area contributed by atoms with E-state index in [4.69, 9.17) is 0 Å². The van der Waals surface area contributed by atoms with E-state index in [9.17, 15) is 9.90 Å². The number of carbonyl (C=O) groups is 1. The molecule has 1 N–H and O–H groups in total. The van der Waals surface area contributed by atoms with E-state index in [2.05, 4.69) is 35.2 Å². The first kappa shape index (κ1) is 14.6. The summed E-state index contributed by atoms with van der Waals surface area (Å²) in [5, 5.41) is 9.35. The largest absolute Gasteiger partial charge is 0.481 e. The van der Waals surface area contributed by atoms with Crippen LogP contribution in [-0.4, -0.2) is 35.1 Å². The van der Waals surface area contributed by atoms with Crippen LogP contribution in [0.25, 0.3) is 0 Å². The molecule has 3 rings (SSSR count). The molecule has 1 saturated heterocycles. The van der Waals surface area contributed by atoms with Gasteiger partial charge in [0.25, 0.3) is 0 Å². The molecule has 3 nitrogen and oxygen atoms in total. The Balaban J connectivity index is 1.56. The van der Waals surface area contributed by atoms with Crippen LogP contribution in [0.3, 0.4) is 0 Å². The standard InChI is InChI=1S/C18H25NO2/c1-18(17(20)21)11-12-19(13-18)16-9-7-15(8-10-16)14-5-3-2-4-6-14/h2-6,15-16H,7-13H2,1H3,(H,20,21). The number of likely N-dealkylation sites (tertiary alicyclic amines) is 1. The zero-order valence-electron chi connectivity index (χ0n) is 12.8. The predicted molar refractivity (Wildman–Crippen MR) is 83.4 cm³/mol. The van der Waals surface area contributed by atoms with Gasteiger partial charge in [0.05, 0.1) is 5.41 Å². The van der Waals surface area contributed by atoms with Crippen molar-refractivity contribution in [3.05, 3.63) is 35.9 Å². The summed E-state index contributed by atoms with van der Waals surface area (Å²) in [7, 11) is 0. The van der Waals surface area contributed by atoms with Crippen molar-refractivity contribution < 1.29 is 9.90 Å². The predicted octanol–water partition coefficient (Wildman–Crippen LogP) is 3.51. The smallest absolute Gasteiger partial charge is 0.310 e. The van der Waals surface area contributed by atoms with Gasteiger partial charge in [-0.25, -0.2) is 0 Å². The van der Waals surface area contributed by atoms with Crippen LogP contribution in [0.5, 0.6) is 0 Å². The van der Waals surface area contributed by atoms with E-state index >= 15 is 0 Å². The average molecular weight is 287 g/mol. The van der Waals surface area contributed by atoms with Crippen molar-refractivity contribution in [1.82, 2.24) is 4.90 Å². The van der Waals surface area contributed by atoms with Gasteiger partial charge in [-0.05, 0) is 57.1 Å². The van der Waals surface area contributed by atoms with Gasteiger partial charge in [-0.15, -0.1) is 0 Å². The Kier molecular flexibility index (Phi) is 4.03. The first-order valence-electron chi connectivity index (χ1n) is 8.11. The number of hydrogen-bond donors (Lipinski definition) is 1. The second-order valence-corrected chi connectivity index (χ2v) is 7.00. The maximum atomic E-state index is 11.4. The zero-order chi connectivity index (χ0) is 14.9. The molecule has 2 aliphatic rings. The number of carboxylic acid groups (broad SMARTS) is 1. The van der Waals surface area contributed by atoms with Gasteiger partial charge >= 0.3 is 5.97 Å². The minimum atomic E-state index is -0.636. The fourth-order valence-electron chi connectivity index (χ4n) is 3.98. The van der Waals surface area contributed by atoms with E-state index in [0.29, 0.717) is 12.0 Å². The Labute approximate surface area is 127 Å². The molecular weight excluding hydrogens is 262 g/mol. The normalized spacial score (nSPS) is 34.0. The Morgan fingerprint density at radius 3 is 2.43 bits per heavy atom. The van der Waals surface area contributed by atoms with Gasteiger partial charge in [0.1, 0.15) is 0 Å². The van der Waals surface area contributed by atoms with Crippen molar-refractivity contribution in [2.24, 2.45) is 5.41 Å². The summed E-state index contributed by atoms with van der Waals surface area (Å²) >= 11 is 0. The minimum Gasteiger partial charge on any atom is -0.481 e. The molecule has 21 heavy (non-hydrogen) atoms. The number of rotatable bonds is 3. The number of aliphatic carboxylic acids is 1. The lowest BCUT2D eigenvalue weighted by Crippen LogP contribution is -2.39. The van der Waals surface area contributed by atoms with Crippen LogP contribution in [0.1, 0.15) is 50.5 Å². The first-order valence-corrected chi connectivity index (χ1v) is 8.11. The molecule has 1 saturated carbocycles. The fourth-order valence-corrected chi connectivity index (χ4v) is 3.98. The number of carboxylic acids is 1. The van der Waals surface area contributed by atoms with Crippen LogP contribution in [0.4, 0.5) is 0 Å². The maximum Gasteiger partial charge on any atom is 0.310 e. The molecule has 1 heterocycles. The molecule has 0 spiro atoms. The van der Waals surface area contributed by atoms with Crippen molar-refractivity contribution in [1.29, 1.82) is 0 Å². The quantitative estimate of drug-likeness (QED) is 0.925. The molecule has 1 unspecified atom stereocenters. The van der Waals surface area contributed by atoms with Crippen LogP contribution in [0, 0.1) is 5.41 Å². The molecular formula is C18H25NO2. The third kappa shape index (κ3) is 2.98. The van der Waals surface area contributed by atoms with Crippen LogP contribution < -0.4 is 0 Å². The van der Waals surface area contributed by atoms with Crippen LogP contribution in [-0.2, 0) is 4.79 Å². The molecule has 3 heteroatoms. The number of benzene rings is 1. The first-order chi connectivity index (χ1) is 10.1. The summed E-state index contributed by atoms with van der Waals surface area (Å²) in [6, 6.07) is 11.4. The SMILES string of the molecule is CC1(C(=O)O)CCN(C2CCC(c3ccccc3)CC2)C1. The van der Waals surface area contributed by atoms with Gasteiger partial charge < -0.3 is 5.11 Å². The van der Waals surface area contributed by atoms with Crippen molar-refractivity contribution in [2.75, 3.05) is 13.1 Å². The lowest BCUT2D eigenvalue weighted by atomic mass is 9.81. The molecule has 0 aromatic heterocycles. The zero-order valence-corrected chi connectivity index (χ0v) is 12.8. The minimum absolute atomic E-state index is 0.531. The summed E-state index contributed by atoms with van der Waals surface area (Å²) in [5.41, 5.74) is 0.934. The Morgan fingerprint density at radius 1 is 1.19 bits per heavy atom. The van der Waals surface area contributed by atoms with E-state index in [1.807, 2.05) is 6.92 Å². The van der Waals surface area contributed by atoms with Crippen molar-refractivity contribution in [3.63, 3.8) is 0 Å². The summed E-state index contributed by atoms with van der Waals surface area (Å²) in [5.74, 6) is 0.0545. The Bertz CT molecular complexity index is 493. The molecule has 1 aromatic carbocycles. The molecule has 0 radical (unpaired) electrons. The lowest BCUT2D eigenvalue weighted by molar-refractivity contribution is -0.147. The molecule has 114 valence electrons. The van der Waals surface area contributed by atoms with Gasteiger partial charge in [-0.2, -0.15) is 0 Å². The number of nitrogens with zero attached hydrogens (tertiary/aromatic N) is 1. The van der Waals surface area contributed by atoms with Crippen molar-refractivity contribution in [3.8, 4) is 0 Å². The monoisotopic (exact) mass is 287 g/mol. The molecule has 1 aliphatic carbocycles. The average Bonchev–Trinajstić information content (AvgIpc) is 2.92. The summed E-state index contributed by atoms with van der Waals surface area (Å²) in [4.78, 5) is 13.8. The third-order valence-corrected chi connectivity index (χ3v) is 5.50. The highest BCUT2D eigenvalue weighted by atomic mass is 16.4. The second-order valence-electron chi connectivity index (χ2n) is 7.00. The Morgan fingerprint density at radius 2 is 1.86 bits per heavy atom. The van der Waals surface area contributed by atoms with Crippen LogP contribution in [0.2, 0.25) is 0 Å². The summed E-state index contributed by atoms with van der Waals surface area (Å²) in [6.45, 7) is 3.57. The van der Waals surface area contributed by atoms with Crippen molar-refractivity contribution in [2.45, 2.75) is 51.0 Å². The summed E-state index contributed by atoms with van der Waals surface area (Å²) in [6.07, 6.45) is 5.66. The highest BCUT2D eigenvalue weighted by Gasteiger charge is 2.42. The lowest BCUT2D eigenvalue weighted by Gasteiger charge is -2.35. The molecule has 0 amide bonds. The van der Waals surface area contributed by atoms with Crippen LogP contribution in [0.15, 0.2) is 30.3 Å². The van der Waals surface area contributed by atoms with Gasteiger partial charge in [-0.3, -0.25) is 9.69 Å². The van der Waals surface area contributed by atoms with Gasteiger partial charge in [0.15, 0.2) is 0 Å². The van der Waals surface area contributed by atoms with E-state index in [0.717, 1.165) is 19.5 Å². The topological polar surface area (TPSA) is 40.5 Å². The maximum absolute atomic E-state index is 11.4. The van der Waals surface area contributed by atoms with Gasteiger partial charge in [0, 0.05) is 12.6 Å². The van der Waals surface area contributed by atoms with E-state index < -0.39 is 11.4 Å². The highest BCUT2D eigenvalue weighted by molar-refractivity contribution is 5.74. The summed E-state index contributed by atoms with van der Waals surface area (Å²) < 4.78 is 0. The van der Waals surface area contributed by atoms with E-state index in [-0.39, 0.29) is 0 Å². The molecule has 1 aliphatic heterocycles. The second kappa shape index (κ2) is 5.80. The van der Waals surface area contributed by atoms with E-state index in [1.165, 1.54) is 31.2 Å². The third-order valence-electron chi connectivity index (χ3n) is 5.50. The molecule has 1 aromatic rings. The van der Waals surface area contributed by atoms with Crippen LogP contribution >= 0.6 is 0 Å². The van der Waals surface area contributed by atoms with E-state index in [1.54, 1.807) is 0 Å².